The van der Waals surface area contributed by atoms with Gasteiger partial charge >= 0.3 is 0 Å². The van der Waals surface area contributed by atoms with Crippen LogP contribution in [0.3, 0.4) is 0 Å². The van der Waals surface area contributed by atoms with E-state index >= 15 is 0 Å². The normalized spacial score (nSPS) is 15.8. The van der Waals surface area contributed by atoms with E-state index in [4.69, 9.17) is 11.6 Å². The number of carbonyl (C=O) groups is 1. The molecule has 1 heterocycles. The van der Waals surface area contributed by atoms with Gasteiger partial charge in [-0.1, -0.05) is 24.6 Å². The summed E-state index contributed by atoms with van der Waals surface area (Å²) in [6.07, 6.45) is 1.01. The van der Waals surface area contributed by atoms with Crippen LogP contribution in [-0.4, -0.2) is 32.1 Å². The zero-order valence-corrected chi connectivity index (χ0v) is 12.1. The predicted molar refractivity (Wildman–Crippen MR) is 72.9 cm³/mol. The van der Waals surface area contributed by atoms with Crippen LogP contribution >= 0.6 is 11.6 Å². The fourth-order valence-electron chi connectivity index (χ4n) is 1.87. The molecule has 0 atom stereocenters. The second-order valence-corrected chi connectivity index (χ2v) is 6.19. The van der Waals surface area contributed by atoms with E-state index in [9.17, 15) is 13.2 Å². The van der Waals surface area contributed by atoms with E-state index in [1.807, 2.05) is 6.92 Å². The molecule has 5 nitrogen and oxygen atoms in total. The Kier molecular flexibility index (Phi) is 3.64. The minimum absolute atomic E-state index is 0.0474. The number of sulfonamides is 1. The summed E-state index contributed by atoms with van der Waals surface area (Å²) >= 11 is 6.03. The lowest BCUT2D eigenvalue weighted by Crippen LogP contribution is -2.33. The smallest absolute Gasteiger partial charge is 0.285 e. The summed E-state index contributed by atoms with van der Waals surface area (Å²) in [5, 5.41) is 0.272. The molecule has 1 aliphatic rings. The van der Waals surface area contributed by atoms with E-state index in [-0.39, 0.29) is 21.7 Å². The number of hydrogen-bond acceptors (Lipinski definition) is 3. The molecule has 0 radical (unpaired) electrons. The third-order valence-electron chi connectivity index (χ3n) is 2.84. The number of hydrogen-bond donors (Lipinski definition) is 0. The molecule has 0 saturated heterocycles. The van der Waals surface area contributed by atoms with Gasteiger partial charge < -0.3 is 0 Å². The average molecular weight is 301 g/mol. The van der Waals surface area contributed by atoms with Crippen molar-refractivity contribution in [3.63, 3.8) is 0 Å². The fourth-order valence-corrected chi connectivity index (χ4v) is 3.44. The summed E-state index contributed by atoms with van der Waals surface area (Å²) in [7, 11) is -2.26. The number of amides is 1. The van der Waals surface area contributed by atoms with Crippen molar-refractivity contribution in [2.75, 3.05) is 7.05 Å². The maximum atomic E-state index is 11.9. The van der Waals surface area contributed by atoms with E-state index < -0.39 is 10.0 Å². The van der Waals surface area contributed by atoms with Crippen molar-refractivity contribution < 1.29 is 13.2 Å². The van der Waals surface area contributed by atoms with Gasteiger partial charge in [-0.3, -0.25) is 9.69 Å². The van der Waals surface area contributed by atoms with Crippen LogP contribution in [0.25, 0.3) is 0 Å². The van der Waals surface area contributed by atoms with Crippen LogP contribution in [0.4, 0.5) is 0 Å². The SMILES string of the molecule is CCCC(=O)N(C)C1=NS(=O)(=O)c2cccc(Cl)c21. The molecular formula is C12H13ClN2O3S. The number of rotatable bonds is 2. The Bertz CT molecular complexity index is 668. The predicted octanol–water partition coefficient (Wildman–Crippen LogP) is 2.05. The van der Waals surface area contributed by atoms with Crippen molar-refractivity contribution in [2.24, 2.45) is 4.40 Å². The average Bonchev–Trinajstić information content (AvgIpc) is 2.62. The van der Waals surface area contributed by atoms with Crippen molar-refractivity contribution in [3.8, 4) is 0 Å². The minimum atomic E-state index is -3.76. The molecule has 19 heavy (non-hydrogen) atoms. The monoisotopic (exact) mass is 300 g/mol. The fraction of sp³-hybridized carbons (Fsp3) is 0.333. The van der Waals surface area contributed by atoms with E-state index in [2.05, 4.69) is 4.40 Å². The molecule has 102 valence electrons. The Morgan fingerprint density at radius 2 is 2.11 bits per heavy atom. The van der Waals surface area contributed by atoms with E-state index in [1.165, 1.54) is 18.0 Å². The molecule has 0 bridgehead atoms. The third kappa shape index (κ3) is 2.37. The molecule has 0 spiro atoms. The van der Waals surface area contributed by atoms with Crippen LogP contribution in [0.1, 0.15) is 25.3 Å². The van der Waals surface area contributed by atoms with Gasteiger partial charge in [-0.2, -0.15) is 8.42 Å². The quantitative estimate of drug-likeness (QED) is 0.839. The molecule has 0 N–H and O–H groups in total. The first-order valence-electron chi connectivity index (χ1n) is 5.79. The summed E-state index contributed by atoms with van der Waals surface area (Å²) in [4.78, 5) is 13.2. The number of benzene rings is 1. The zero-order chi connectivity index (χ0) is 14.2. The molecule has 2 rings (SSSR count). The van der Waals surface area contributed by atoms with Gasteiger partial charge in [0, 0.05) is 13.5 Å². The second-order valence-electron chi connectivity index (χ2n) is 4.21. The molecule has 0 aliphatic carbocycles. The van der Waals surface area contributed by atoms with Gasteiger partial charge in [0.05, 0.1) is 10.6 Å². The van der Waals surface area contributed by atoms with Crippen LogP contribution in [0.15, 0.2) is 27.5 Å². The van der Waals surface area contributed by atoms with Crippen LogP contribution < -0.4 is 0 Å². The Morgan fingerprint density at radius 1 is 1.42 bits per heavy atom. The van der Waals surface area contributed by atoms with Gasteiger partial charge in [-0.25, -0.2) is 0 Å². The number of halogens is 1. The number of nitrogens with zero attached hydrogens (tertiary/aromatic N) is 2. The molecule has 0 saturated carbocycles. The van der Waals surface area contributed by atoms with Crippen LogP contribution in [0, 0.1) is 0 Å². The highest BCUT2D eigenvalue weighted by Gasteiger charge is 2.34. The Balaban J connectivity index is 2.54. The van der Waals surface area contributed by atoms with E-state index in [0.29, 0.717) is 18.4 Å². The topological polar surface area (TPSA) is 66.8 Å². The van der Waals surface area contributed by atoms with Crippen LogP contribution in [0.5, 0.6) is 0 Å². The summed E-state index contributed by atoms with van der Waals surface area (Å²) in [5.41, 5.74) is 0.302. The molecule has 1 aliphatic heterocycles. The lowest BCUT2D eigenvalue weighted by molar-refractivity contribution is -0.126. The molecule has 0 unspecified atom stereocenters. The zero-order valence-electron chi connectivity index (χ0n) is 10.6. The van der Waals surface area contributed by atoms with Gasteiger partial charge in [-0.15, -0.1) is 4.40 Å². The highest BCUT2D eigenvalue weighted by molar-refractivity contribution is 7.90. The molecule has 0 fully saturated rings. The minimum Gasteiger partial charge on any atom is -0.299 e. The maximum absolute atomic E-state index is 11.9. The van der Waals surface area contributed by atoms with Gasteiger partial charge in [0.2, 0.25) is 5.91 Å². The molecule has 1 amide bonds. The lowest BCUT2D eigenvalue weighted by atomic mass is 10.2. The summed E-state index contributed by atoms with van der Waals surface area (Å²) in [6.45, 7) is 1.87. The van der Waals surface area contributed by atoms with Crippen molar-refractivity contribution in [1.82, 2.24) is 4.90 Å². The van der Waals surface area contributed by atoms with E-state index in [0.717, 1.165) is 0 Å². The summed E-state index contributed by atoms with van der Waals surface area (Å²) in [6, 6.07) is 4.56. The van der Waals surface area contributed by atoms with Crippen molar-refractivity contribution in [2.45, 2.75) is 24.7 Å². The lowest BCUT2D eigenvalue weighted by Gasteiger charge is -2.17. The first-order chi connectivity index (χ1) is 8.88. The van der Waals surface area contributed by atoms with Gasteiger partial charge in [-0.05, 0) is 18.6 Å². The first kappa shape index (κ1) is 14.0. The van der Waals surface area contributed by atoms with Gasteiger partial charge in [0.1, 0.15) is 4.90 Å². The van der Waals surface area contributed by atoms with Crippen molar-refractivity contribution in [1.29, 1.82) is 0 Å². The maximum Gasteiger partial charge on any atom is 0.285 e. The molecule has 1 aromatic rings. The van der Waals surface area contributed by atoms with Crippen molar-refractivity contribution in [3.05, 3.63) is 28.8 Å². The standard InChI is InChI=1S/C12H13ClN2O3S/c1-3-5-10(16)15(2)12-11-8(13)6-4-7-9(11)19(17,18)14-12/h4,6-7H,3,5H2,1-2H3. The molecule has 1 aromatic carbocycles. The highest BCUT2D eigenvalue weighted by Crippen LogP contribution is 2.32. The first-order valence-corrected chi connectivity index (χ1v) is 7.60. The summed E-state index contributed by atoms with van der Waals surface area (Å²) < 4.78 is 27.5. The summed E-state index contributed by atoms with van der Waals surface area (Å²) in [5.74, 6) is -0.0942. The molecular weight excluding hydrogens is 288 g/mol. The number of fused-ring (bicyclic) bond motifs is 1. The highest BCUT2D eigenvalue weighted by atomic mass is 35.5. The molecule has 7 heteroatoms. The van der Waals surface area contributed by atoms with Crippen LogP contribution in [-0.2, 0) is 14.8 Å². The Hall–Kier alpha value is -1.40. The number of carbonyl (C=O) groups excluding carboxylic acids is 1. The van der Waals surface area contributed by atoms with Crippen molar-refractivity contribution >= 4 is 33.4 Å². The Labute approximate surface area is 116 Å². The molecule has 0 aromatic heterocycles. The largest absolute Gasteiger partial charge is 0.299 e. The number of amidine groups is 1. The van der Waals surface area contributed by atoms with Gasteiger partial charge in [0.25, 0.3) is 10.0 Å². The van der Waals surface area contributed by atoms with E-state index in [1.54, 1.807) is 12.1 Å². The Morgan fingerprint density at radius 3 is 2.74 bits per heavy atom. The van der Waals surface area contributed by atoms with Crippen LogP contribution in [0.2, 0.25) is 5.02 Å². The second kappa shape index (κ2) is 4.94. The van der Waals surface area contributed by atoms with Gasteiger partial charge in [0.15, 0.2) is 5.84 Å². The third-order valence-corrected chi connectivity index (χ3v) is 4.46.